The van der Waals surface area contributed by atoms with Gasteiger partial charge >= 0.3 is 0 Å². The van der Waals surface area contributed by atoms with Gasteiger partial charge in [-0.2, -0.15) is 4.98 Å². The molecule has 1 atom stereocenters. The summed E-state index contributed by atoms with van der Waals surface area (Å²) in [7, 11) is 1.55. The highest BCUT2D eigenvalue weighted by Crippen LogP contribution is 2.34. The molecule has 38 heavy (non-hydrogen) atoms. The third-order valence-corrected chi connectivity index (χ3v) is 6.56. The maximum Gasteiger partial charge on any atom is 0.285 e. The van der Waals surface area contributed by atoms with Crippen LogP contribution in [0.15, 0.2) is 18.3 Å². The van der Waals surface area contributed by atoms with E-state index in [1.165, 1.54) is 4.52 Å². The van der Waals surface area contributed by atoms with E-state index in [0.717, 1.165) is 11.1 Å². The minimum Gasteiger partial charge on any atom is -0.387 e. The molecule has 0 radical (unpaired) electrons. The van der Waals surface area contributed by atoms with Crippen LogP contribution in [0.25, 0.3) is 27.9 Å². The first-order valence-corrected chi connectivity index (χ1v) is 11.9. The normalized spacial score (nSPS) is 17.3. The molecule has 3 N–H and O–H groups in total. The second-order valence-corrected chi connectivity index (χ2v) is 8.94. The molecule has 0 spiro atoms. The van der Waals surface area contributed by atoms with Crippen LogP contribution < -0.4 is 10.6 Å². The molecule has 1 saturated heterocycles. The Hall–Kier alpha value is -4.01. The third kappa shape index (κ3) is 4.36. The first-order chi connectivity index (χ1) is 18.2. The highest BCUT2D eigenvalue weighted by Gasteiger charge is 2.46. The van der Waals surface area contributed by atoms with E-state index >= 15 is 4.39 Å². The van der Waals surface area contributed by atoms with Gasteiger partial charge in [-0.1, -0.05) is 0 Å². The average Bonchev–Trinajstić information content (AvgIpc) is 3.39. The van der Waals surface area contributed by atoms with Crippen LogP contribution in [0.2, 0.25) is 0 Å². The van der Waals surface area contributed by atoms with Crippen molar-refractivity contribution >= 4 is 34.4 Å². The van der Waals surface area contributed by atoms with Crippen LogP contribution in [-0.2, 0) is 11.3 Å². The molecule has 0 bridgehead atoms. The van der Waals surface area contributed by atoms with Crippen molar-refractivity contribution < 1.29 is 27.5 Å². The molecule has 202 valence electrons. The molecule has 0 saturated carbocycles. The number of hydrogen-bond donors (Lipinski definition) is 3. The van der Waals surface area contributed by atoms with Crippen molar-refractivity contribution in [1.29, 1.82) is 0 Å². The van der Waals surface area contributed by atoms with Gasteiger partial charge in [0.1, 0.15) is 30.1 Å². The summed E-state index contributed by atoms with van der Waals surface area (Å²) in [6.07, 6.45) is 0.977. The molecule has 0 unspecified atom stereocenters. The molecule has 4 aromatic rings. The molecule has 0 aliphatic carbocycles. The number of nitrogens with one attached hydrogen (secondary N) is 2. The second kappa shape index (κ2) is 9.70. The zero-order valence-corrected chi connectivity index (χ0v) is 20.5. The number of halogens is 4. The van der Waals surface area contributed by atoms with Crippen LogP contribution in [0.5, 0.6) is 0 Å². The predicted octanol–water partition coefficient (Wildman–Crippen LogP) is 2.24. The SMILES string of the molecule is CNc1nc(N[C@@H]2CCN(C(=O)CO)CC2(F)F)nn2cc(F)c(-c3ccc4nc(C)n(CCF)c4n3)c12. The number of amides is 1. The molecule has 5 heterocycles. The van der Waals surface area contributed by atoms with Crippen LogP contribution in [0.1, 0.15) is 12.2 Å². The lowest BCUT2D eigenvalue weighted by Crippen LogP contribution is -2.56. The fourth-order valence-electron chi connectivity index (χ4n) is 4.72. The van der Waals surface area contributed by atoms with Gasteiger partial charge in [0.25, 0.3) is 5.92 Å². The van der Waals surface area contributed by atoms with Gasteiger partial charge in [-0.15, -0.1) is 5.10 Å². The Bertz CT molecular complexity index is 1520. The number of aliphatic hydroxyl groups excluding tert-OH is 1. The fraction of sp³-hybridized carbons (Fsp3) is 0.435. The maximum atomic E-state index is 15.3. The summed E-state index contributed by atoms with van der Waals surface area (Å²) < 4.78 is 60.7. The van der Waals surface area contributed by atoms with Crippen LogP contribution in [0.4, 0.5) is 29.3 Å². The van der Waals surface area contributed by atoms with Crippen LogP contribution in [-0.4, -0.2) is 90.4 Å². The zero-order valence-electron chi connectivity index (χ0n) is 20.5. The van der Waals surface area contributed by atoms with Crippen LogP contribution in [0, 0.1) is 12.7 Å². The smallest absolute Gasteiger partial charge is 0.285 e. The number of aliphatic hydroxyl groups is 1. The number of fused-ring (bicyclic) bond motifs is 2. The number of aryl methyl sites for hydroxylation is 2. The number of alkyl halides is 3. The van der Waals surface area contributed by atoms with Crippen molar-refractivity contribution in [3.05, 3.63) is 30.0 Å². The number of anilines is 2. The van der Waals surface area contributed by atoms with E-state index in [2.05, 4.69) is 30.7 Å². The summed E-state index contributed by atoms with van der Waals surface area (Å²) in [5.41, 5.74) is 1.48. The summed E-state index contributed by atoms with van der Waals surface area (Å²) >= 11 is 0. The van der Waals surface area contributed by atoms with E-state index in [4.69, 9.17) is 5.11 Å². The van der Waals surface area contributed by atoms with Crippen molar-refractivity contribution in [3.63, 3.8) is 0 Å². The van der Waals surface area contributed by atoms with Crippen LogP contribution >= 0.6 is 0 Å². The number of pyridine rings is 1. The van der Waals surface area contributed by atoms with Crippen molar-refractivity contribution in [2.45, 2.75) is 31.9 Å². The number of piperidine rings is 1. The number of likely N-dealkylation sites (tertiary alicyclic amines) is 1. The van der Waals surface area contributed by atoms with Gasteiger partial charge in [-0.3, -0.25) is 4.79 Å². The Morgan fingerprint density at radius 1 is 1.26 bits per heavy atom. The largest absolute Gasteiger partial charge is 0.387 e. The summed E-state index contributed by atoms with van der Waals surface area (Å²) in [5.74, 6) is -4.21. The Morgan fingerprint density at radius 2 is 2.05 bits per heavy atom. The van der Waals surface area contributed by atoms with Gasteiger partial charge < -0.3 is 25.2 Å². The van der Waals surface area contributed by atoms with Crippen molar-refractivity contribution in [3.8, 4) is 11.3 Å². The molecule has 4 aromatic heterocycles. The van der Waals surface area contributed by atoms with Crippen molar-refractivity contribution in [2.75, 3.05) is 44.1 Å². The van der Waals surface area contributed by atoms with Gasteiger partial charge in [0, 0.05) is 13.6 Å². The maximum absolute atomic E-state index is 15.3. The van der Waals surface area contributed by atoms with E-state index in [1.807, 2.05) is 0 Å². The van der Waals surface area contributed by atoms with Gasteiger partial charge in [-0.05, 0) is 25.5 Å². The van der Waals surface area contributed by atoms with E-state index in [1.54, 1.807) is 30.7 Å². The van der Waals surface area contributed by atoms with E-state index in [9.17, 15) is 18.0 Å². The van der Waals surface area contributed by atoms with Gasteiger partial charge in [0.2, 0.25) is 11.9 Å². The van der Waals surface area contributed by atoms with Gasteiger partial charge in [-0.25, -0.2) is 32.0 Å². The van der Waals surface area contributed by atoms with E-state index in [0.29, 0.717) is 17.0 Å². The lowest BCUT2D eigenvalue weighted by Gasteiger charge is -2.38. The summed E-state index contributed by atoms with van der Waals surface area (Å²) in [6, 6.07) is 1.85. The molecule has 1 aliphatic heterocycles. The predicted molar refractivity (Wildman–Crippen MR) is 130 cm³/mol. The third-order valence-electron chi connectivity index (χ3n) is 6.56. The second-order valence-electron chi connectivity index (χ2n) is 8.94. The van der Waals surface area contributed by atoms with Gasteiger partial charge in [0.15, 0.2) is 17.3 Å². The summed E-state index contributed by atoms with van der Waals surface area (Å²) in [4.78, 5) is 25.7. The summed E-state index contributed by atoms with van der Waals surface area (Å²) in [6.45, 7) is -0.533. The molecule has 5 rings (SSSR count). The number of hydrogen-bond acceptors (Lipinski definition) is 8. The number of nitrogens with zero attached hydrogens (tertiary/aromatic N) is 7. The van der Waals surface area contributed by atoms with E-state index < -0.39 is 43.5 Å². The molecule has 1 amide bonds. The molecule has 0 aromatic carbocycles. The molecular weight excluding hydrogens is 510 g/mol. The number of aromatic nitrogens is 6. The van der Waals surface area contributed by atoms with Crippen LogP contribution in [0.3, 0.4) is 0 Å². The zero-order chi connectivity index (χ0) is 27.2. The first-order valence-electron chi connectivity index (χ1n) is 11.9. The molecule has 15 heteroatoms. The minimum absolute atomic E-state index is 0.0166. The van der Waals surface area contributed by atoms with Crippen molar-refractivity contribution in [1.82, 2.24) is 34.0 Å². The number of imidazole rings is 1. The number of carbonyl (C=O) groups excluding carboxylic acids is 1. The molecular formula is C23H25F4N9O2. The molecule has 11 nitrogen and oxygen atoms in total. The highest BCUT2D eigenvalue weighted by molar-refractivity contribution is 5.89. The molecule has 1 aliphatic rings. The van der Waals surface area contributed by atoms with Crippen molar-refractivity contribution in [2.24, 2.45) is 0 Å². The topological polar surface area (TPSA) is 126 Å². The minimum atomic E-state index is -3.33. The quantitative estimate of drug-likeness (QED) is 0.308. The first kappa shape index (κ1) is 25.6. The monoisotopic (exact) mass is 535 g/mol. The Labute approximate surface area is 213 Å². The Morgan fingerprint density at radius 3 is 2.74 bits per heavy atom. The fourth-order valence-corrected chi connectivity index (χ4v) is 4.72. The summed E-state index contributed by atoms with van der Waals surface area (Å²) in [5, 5.41) is 18.6. The number of carbonyl (C=O) groups is 1. The standard InChI is InChI=1S/C23H25F4N9O2/c1-12-29-15-4-3-14(30-21(15)35(12)8-6-24)18-13(25)9-36-19(18)20(28-2)32-22(33-36)31-16-5-7-34(17(38)10-37)11-23(16,26)27/h3-4,9,16,37H,5-8,10-11H2,1-2H3,(H2,28,31,32,33)/t16-/m1/s1. The lowest BCUT2D eigenvalue weighted by molar-refractivity contribution is -0.145. The van der Waals surface area contributed by atoms with E-state index in [-0.39, 0.29) is 48.1 Å². The average molecular weight is 536 g/mol. The Kier molecular flexibility index (Phi) is 6.54. The molecule has 1 fully saturated rings. The van der Waals surface area contributed by atoms with Gasteiger partial charge in [0.05, 0.1) is 36.6 Å². The number of rotatable bonds is 7. The lowest BCUT2D eigenvalue weighted by atomic mass is 10.0. The highest BCUT2D eigenvalue weighted by atomic mass is 19.3. The Balaban J connectivity index is 1.52.